The predicted molar refractivity (Wildman–Crippen MR) is 165 cm³/mol. The number of sulfonamides is 2. The van der Waals surface area contributed by atoms with Crippen LogP contribution < -0.4 is 10.0 Å². The molecule has 44 heavy (non-hydrogen) atoms. The number of phenols is 1. The van der Waals surface area contributed by atoms with Crippen LogP contribution >= 0.6 is 0 Å². The number of anilines is 1. The molecule has 0 spiro atoms. The van der Waals surface area contributed by atoms with Gasteiger partial charge in [0.1, 0.15) is 5.75 Å². The SMILES string of the molecule is CC(C)CN(C([C@H](O)[C@H](Cc1ccccc1)NC(=O)O)C(C)(C)C)S(=O)(=O)c1ccc(O)c(NS(=O)(=O)c2cn(C)cn2)c1. The molecule has 3 rings (SSSR count). The first-order chi connectivity index (χ1) is 20.3. The van der Waals surface area contributed by atoms with Crippen molar-refractivity contribution in [1.29, 1.82) is 0 Å². The van der Waals surface area contributed by atoms with Crippen LogP contribution in [-0.4, -0.2) is 76.8 Å². The summed E-state index contributed by atoms with van der Waals surface area (Å²) in [6, 6.07) is 9.90. The molecule has 1 heterocycles. The van der Waals surface area contributed by atoms with Gasteiger partial charge >= 0.3 is 6.09 Å². The van der Waals surface area contributed by atoms with Gasteiger partial charge in [-0.3, -0.25) is 4.72 Å². The average molecular weight is 652 g/mol. The number of aromatic nitrogens is 2. The van der Waals surface area contributed by atoms with Gasteiger partial charge in [0.15, 0.2) is 5.03 Å². The second-order valence-corrected chi connectivity index (χ2v) is 15.7. The topological polar surface area (TPSA) is 191 Å². The molecule has 5 N–H and O–H groups in total. The van der Waals surface area contributed by atoms with Crippen molar-refractivity contribution in [3.05, 3.63) is 66.6 Å². The van der Waals surface area contributed by atoms with Crippen molar-refractivity contribution < 1.29 is 36.9 Å². The number of aliphatic hydroxyl groups is 1. The Morgan fingerprint density at radius 3 is 2.23 bits per heavy atom. The van der Waals surface area contributed by atoms with Gasteiger partial charge < -0.3 is 25.2 Å². The number of rotatable bonds is 13. The lowest BCUT2D eigenvalue weighted by molar-refractivity contribution is 0.00250. The minimum Gasteiger partial charge on any atom is -0.506 e. The van der Waals surface area contributed by atoms with Crippen LogP contribution in [0.5, 0.6) is 5.75 Å². The number of imidazole rings is 1. The van der Waals surface area contributed by atoms with Crippen molar-refractivity contribution in [3.8, 4) is 5.75 Å². The quantitative estimate of drug-likeness (QED) is 0.173. The van der Waals surface area contributed by atoms with E-state index >= 15 is 0 Å². The molecular weight excluding hydrogens is 610 g/mol. The number of nitrogens with one attached hydrogen (secondary N) is 2. The fourth-order valence-electron chi connectivity index (χ4n) is 4.96. The Morgan fingerprint density at radius 1 is 1.07 bits per heavy atom. The van der Waals surface area contributed by atoms with E-state index < -0.39 is 55.5 Å². The summed E-state index contributed by atoms with van der Waals surface area (Å²) in [5.41, 5.74) is -0.556. The molecule has 2 aromatic carbocycles. The van der Waals surface area contributed by atoms with E-state index in [9.17, 15) is 36.9 Å². The highest BCUT2D eigenvalue weighted by molar-refractivity contribution is 7.92. The van der Waals surface area contributed by atoms with Crippen LogP contribution in [0, 0.1) is 11.3 Å². The molecule has 242 valence electrons. The Labute approximate surface area is 258 Å². The van der Waals surface area contributed by atoms with Crippen molar-refractivity contribution >= 4 is 31.8 Å². The number of benzene rings is 2. The maximum Gasteiger partial charge on any atom is 0.404 e. The van der Waals surface area contributed by atoms with Gasteiger partial charge in [-0.1, -0.05) is 65.0 Å². The first-order valence-corrected chi connectivity index (χ1v) is 16.8. The summed E-state index contributed by atoms with van der Waals surface area (Å²) in [6.07, 6.45) is -0.258. The summed E-state index contributed by atoms with van der Waals surface area (Å²) < 4.78 is 59.3. The van der Waals surface area contributed by atoms with Gasteiger partial charge in [-0.25, -0.2) is 18.2 Å². The number of hydrogen-bond acceptors (Lipinski definition) is 8. The smallest absolute Gasteiger partial charge is 0.404 e. The van der Waals surface area contributed by atoms with Crippen LogP contribution in [0.4, 0.5) is 10.5 Å². The van der Waals surface area contributed by atoms with Crippen molar-refractivity contribution in [2.45, 2.75) is 69.1 Å². The molecule has 0 radical (unpaired) electrons. The number of aliphatic hydroxyl groups excluding tert-OH is 1. The summed E-state index contributed by atoms with van der Waals surface area (Å²) in [4.78, 5) is 15.3. The van der Waals surface area contributed by atoms with Crippen LogP contribution in [0.1, 0.15) is 40.2 Å². The highest BCUT2D eigenvalue weighted by Crippen LogP contribution is 2.36. The Kier molecular flexibility index (Phi) is 10.7. The average Bonchev–Trinajstić information content (AvgIpc) is 3.35. The molecule has 1 amide bonds. The van der Waals surface area contributed by atoms with E-state index in [1.165, 1.54) is 17.1 Å². The third-order valence-electron chi connectivity index (χ3n) is 6.86. The molecule has 0 bridgehead atoms. The van der Waals surface area contributed by atoms with Gasteiger partial charge in [0, 0.05) is 19.8 Å². The van der Waals surface area contributed by atoms with Gasteiger partial charge in [-0.2, -0.15) is 12.7 Å². The monoisotopic (exact) mass is 651 g/mol. The van der Waals surface area contributed by atoms with Crippen molar-refractivity contribution in [3.63, 3.8) is 0 Å². The largest absolute Gasteiger partial charge is 0.506 e. The van der Waals surface area contributed by atoms with Crippen molar-refractivity contribution in [2.24, 2.45) is 18.4 Å². The number of carboxylic acid groups (broad SMARTS) is 1. The zero-order valence-corrected chi connectivity index (χ0v) is 27.2. The lowest BCUT2D eigenvalue weighted by Crippen LogP contribution is -2.61. The van der Waals surface area contributed by atoms with E-state index in [0.29, 0.717) is 0 Å². The van der Waals surface area contributed by atoms with Gasteiger partial charge in [-0.15, -0.1) is 0 Å². The van der Waals surface area contributed by atoms with Crippen LogP contribution in [0.3, 0.4) is 0 Å². The number of hydrogen-bond donors (Lipinski definition) is 5. The van der Waals surface area contributed by atoms with Gasteiger partial charge in [0.2, 0.25) is 10.0 Å². The summed E-state index contributed by atoms with van der Waals surface area (Å²) in [5.74, 6) is -0.735. The van der Waals surface area contributed by atoms with E-state index in [1.807, 2.05) is 0 Å². The van der Waals surface area contributed by atoms with Crippen molar-refractivity contribution in [2.75, 3.05) is 11.3 Å². The molecule has 0 aliphatic rings. The highest BCUT2D eigenvalue weighted by Gasteiger charge is 2.45. The van der Waals surface area contributed by atoms with Gasteiger partial charge in [-0.05, 0) is 41.5 Å². The molecule has 1 aromatic heterocycles. The summed E-state index contributed by atoms with van der Waals surface area (Å²) in [6.45, 7) is 8.78. The minimum atomic E-state index is -4.48. The predicted octanol–water partition coefficient (Wildman–Crippen LogP) is 3.23. The fraction of sp³-hybridized carbons (Fsp3) is 0.448. The normalized spacial score (nSPS) is 14.8. The van der Waals surface area contributed by atoms with Crippen molar-refractivity contribution in [1.82, 2.24) is 19.2 Å². The standard InChI is InChI=1S/C29H41N5O8S2/c1-19(2)16-34(27(29(3,4)5)26(36)23(31-28(37)38)14-20-10-8-7-9-11-20)44(41,42)21-12-13-24(35)22(15-21)32-43(39,40)25-17-33(6)18-30-25/h7-13,15,17-19,23,26-27,31-32,35-36H,14,16H2,1-6H3,(H,37,38)/t23-,26+,27?/m0/s1. The summed E-state index contributed by atoms with van der Waals surface area (Å²) in [7, 11) is -7.18. The fourth-order valence-corrected chi connectivity index (χ4v) is 8.02. The molecular formula is C29H41N5O8S2. The maximum absolute atomic E-state index is 14.4. The number of amides is 1. The van der Waals surface area contributed by atoms with Crippen LogP contribution in [0.15, 0.2) is 71.0 Å². The Morgan fingerprint density at radius 2 is 1.70 bits per heavy atom. The number of carbonyl (C=O) groups is 1. The molecule has 3 aromatic rings. The lowest BCUT2D eigenvalue weighted by Gasteiger charge is -2.44. The third kappa shape index (κ3) is 8.49. The van der Waals surface area contributed by atoms with E-state index in [-0.39, 0.29) is 34.5 Å². The number of phenolic OH excluding ortho intramolecular Hbond substituents is 1. The first kappa shape index (κ1) is 34.8. The van der Waals surface area contributed by atoms with Crippen LogP contribution in [0.2, 0.25) is 0 Å². The van der Waals surface area contributed by atoms with Crippen LogP contribution in [0.25, 0.3) is 0 Å². The molecule has 13 nitrogen and oxygen atoms in total. The molecule has 15 heteroatoms. The van der Waals surface area contributed by atoms with E-state index in [1.54, 1.807) is 72.0 Å². The Bertz CT molecular complexity index is 1650. The summed E-state index contributed by atoms with van der Waals surface area (Å²) in [5, 5.41) is 33.9. The molecule has 3 atom stereocenters. The van der Waals surface area contributed by atoms with E-state index in [2.05, 4.69) is 15.0 Å². The Balaban J connectivity index is 2.10. The van der Waals surface area contributed by atoms with E-state index in [0.717, 1.165) is 28.1 Å². The maximum atomic E-state index is 14.4. The minimum absolute atomic E-state index is 0.0532. The number of aryl methyl sites for hydroxylation is 1. The second-order valence-electron chi connectivity index (χ2n) is 12.2. The molecule has 0 saturated carbocycles. The number of nitrogens with zero attached hydrogens (tertiary/aromatic N) is 3. The van der Waals surface area contributed by atoms with Gasteiger partial charge in [0.05, 0.1) is 35.1 Å². The highest BCUT2D eigenvalue weighted by atomic mass is 32.2. The molecule has 0 aliphatic heterocycles. The molecule has 0 fully saturated rings. The van der Waals surface area contributed by atoms with Crippen LogP contribution in [-0.2, 0) is 33.5 Å². The zero-order chi connectivity index (χ0) is 33.0. The Hall–Kier alpha value is -3.66. The second kappa shape index (κ2) is 13.5. The first-order valence-electron chi connectivity index (χ1n) is 13.9. The van der Waals surface area contributed by atoms with Gasteiger partial charge in [0.25, 0.3) is 10.0 Å². The summed E-state index contributed by atoms with van der Waals surface area (Å²) >= 11 is 0. The molecule has 0 saturated heterocycles. The lowest BCUT2D eigenvalue weighted by atomic mass is 9.79. The third-order valence-corrected chi connectivity index (χ3v) is 9.95. The molecule has 0 aliphatic carbocycles. The zero-order valence-electron chi connectivity index (χ0n) is 25.5. The number of aromatic hydroxyl groups is 1. The van der Waals surface area contributed by atoms with E-state index in [4.69, 9.17) is 0 Å². The molecule has 1 unspecified atom stereocenters.